The Balaban J connectivity index is 2.02. The Morgan fingerprint density at radius 2 is 2.30 bits per heavy atom. The maximum atomic E-state index is 3.86. The predicted molar refractivity (Wildman–Crippen MR) is 45.5 cm³/mol. The Hall–Kier alpha value is 0. The summed E-state index contributed by atoms with van der Waals surface area (Å²) < 4.78 is 0. The summed E-state index contributed by atoms with van der Waals surface area (Å²) >= 11 is 0. The Kier molecular flexibility index (Phi) is 3.86. The lowest BCUT2D eigenvalue weighted by atomic mass is 9.86. The van der Waals surface area contributed by atoms with Gasteiger partial charge in [0.2, 0.25) is 0 Å². The second-order valence-corrected chi connectivity index (χ2v) is 3.28. The van der Waals surface area contributed by atoms with E-state index in [4.69, 9.17) is 0 Å². The zero-order chi connectivity index (χ0) is 7.23. The number of unbranched alkanes of at least 4 members (excludes halogenated alkanes) is 1. The zero-order valence-electron chi connectivity index (χ0n) is 6.81. The normalized spacial score (nSPS) is 21.3. The van der Waals surface area contributed by atoms with Gasteiger partial charge in [0, 0.05) is 0 Å². The molecule has 1 fully saturated rings. The van der Waals surface area contributed by atoms with Crippen LogP contribution in [0, 0.1) is 19.3 Å². The van der Waals surface area contributed by atoms with Gasteiger partial charge in [0.15, 0.2) is 0 Å². The summed E-state index contributed by atoms with van der Waals surface area (Å²) in [5, 5.41) is 0. The van der Waals surface area contributed by atoms with Crippen LogP contribution in [0.3, 0.4) is 0 Å². The van der Waals surface area contributed by atoms with Crippen LogP contribution in [0.1, 0.15) is 44.9 Å². The molecule has 1 aliphatic rings. The maximum absolute atomic E-state index is 3.86. The van der Waals surface area contributed by atoms with Crippen LogP contribution >= 0.6 is 0 Å². The van der Waals surface area contributed by atoms with Crippen molar-refractivity contribution in [1.82, 2.24) is 0 Å². The lowest BCUT2D eigenvalue weighted by Gasteiger charge is -2.20. The summed E-state index contributed by atoms with van der Waals surface area (Å²) in [5.41, 5.74) is 0. The molecule has 0 aliphatic heterocycles. The number of rotatable bonds is 3. The van der Waals surface area contributed by atoms with E-state index in [1.54, 1.807) is 0 Å². The standard InChI is InChI=1S/C10H18/c1-2-3-7-10-8-5-4-6-9-10/h8,10H,1-7,9H2. The van der Waals surface area contributed by atoms with E-state index >= 15 is 0 Å². The highest BCUT2D eigenvalue weighted by Gasteiger charge is 2.11. The quantitative estimate of drug-likeness (QED) is 0.561. The van der Waals surface area contributed by atoms with Gasteiger partial charge in [-0.15, -0.1) is 0 Å². The minimum Gasteiger partial charge on any atom is -0.0533 e. The van der Waals surface area contributed by atoms with Crippen molar-refractivity contribution in [3.8, 4) is 0 Å². The van der Waals surface area contributed by atoms with Gasteiger partial charge in [-0.25, -0.2) is 0 Å². The van der Waals surface area contributed by atoms with Crippen LogP contribution in [-0.2, 0) is 0 Å². The molecular weight excluding hydrogens is 120 g/mol. The zero-order valence-corrected chi connectivity index (χ0v) is 6.81. The lowest BCUT2D eigenvalue weighted by Crippen LogP contribution is -2.06. The second kappa shape index (κ2) is 4.76. The average molecular weight is 138 g/mol. The predicted octanol–water partition coefficient (Wildman–Crippen LogP) is 3.39. The highest BCUT2D eigenvalue weighted by atomic mass is 14.2. The monoisotopic (exact) mass is 138 g/mol. The Labute approximate surface area is 65.0 Å². The molecule has 58 valence electrons. The van der Waals surface area contributed by atoms with Gasteiger partial charge in [-0.2, -0.15) is 0 Å². The van der Waals surface area contributed by atoms with Crippen molar-refractivity contribution in [3.63, 3.8) is 0 Å². The van der Waals surface area contributed by atoms with Crippen molar-refractivity contribution < 1.29 is 0 Å². The smallest absolute Gasteiger partial charge is 0.0355 e. The topological polar surface area (TPSA) is 0 Å². The van der Waals surface area contributed by atoms with Gasteiger partial charge >= 0.3 is 0 Å². The molecule has 0 aromatic heterocycles. The molecule has 0 amide bonds. The van der Waals surface area contributed by atoms with Gasteiger partial charge < -0.3 is 0 Å². The highest BCUT2D eigenvalue weighted by molar-refractivity contribution is 4.80. The summed E-state index contributed by atoms with van der Waals surface area (Å²) in [6.07, 6.45) is 12.0. The Morgan fingerprint density at radius 1 is 1.40 bits per heavy atom. The van der Waals surface area contributed by atoms with Crippen molar-refractivity contribution >= 4 is 0 Å². The van der Waals surface area contributed by atoms with Crippen molar-refractivity contribution in [3.05, 3.63) is 13.3 Å². The SMILES string of the molecule is [CH2]CCCC1[CH]CCCC1. The van der Waals surface area contributed by atoms with Crippen LogP contribution in [-0.4, -0.2) is 0 Å². The van der Waals surface area contributed by atoms with Gasteiger partial charge in [-0.1, -0.05) is 45.4 Å². The molecular formula is C10H18. The van der Waals surface area contributed by atoms with Crippen molar-refractivity contribution in [2.75, 3.05) is 0 Å². The number of hydrogen-bond acceptors (Lipinski definition) is 0. The first-order valence-corrected chi connectivity index (χ1v) is 4.56. The molecule has 0 N–H and O–H groups in total. The first kappa shape index (κ1) is 8.10. The van der Waals surface area contributed by atoms with Crippen LogP contribution in [0.25, 0.3) is 0 Å². The fourth-order valence-corrected chi connectivity index (χ4v) is 1.69. The first-order valence-electron chi connectivity index (χ1n) is 4.56. The molecule has 0 saturated heterocycles. The summed E-state index contributed by atoms with van der Waals surface area (Å²) in [7, 11) is 0. The molecule has 0 spiro atoms. The van der Waals surface area contributed by atoms with Crippen molar-refractivity contribution in [2.24, 2.45) is 5.92 Å². The van der Waals surface area contributed by atoms with Crippen LogP contribution in [0.15, 0.2) is 0 Å². The molecule has 0 nitrogen and oxygen atoms in total. The molecule has 1 atom stereocenters. The van der Waals surface area contributed by atoms with Gasteiger partial charge in [-0.3, -0.25) is 0 Å². The fraction of sp³-hybridized carbons (Fsp3) is 0.800. The third-order valence-corrected chi connectivity index (χ3v) is 2.35. The molecule has 0 aromatic rings. The summed E-state index contributed by atoms with van der Waals surface area (Å²) in [6.45, 7) is 3.86. The minimum atomic E-state index is 0.940. The van der Waals surface area contributed by atoms with E-state index in [0.29, 0.717) is 0 Å². The third kappa shape index (κ3) is 2.72. The summed E-state index contributed by atoms with van der Waals surface area (Å²) in [5.74, 6) is 0.940. The van der Waals surface area contributed by atoms with E-state index < -0.39 is 0 Å². The molecule has 1 aliphatic carbocycles. The molecule has 1 rings (SSSR count). The molecule has 2 radical (unpaired) electrons. The van der Waals surface area contributed by atoms with Gasteiger partial charge in [0.05, 0.1) is 0 Å². The summed E-state index contributed by atoms with van der Waals surface area (Å²) in [4.78, 5) is 0. The van der Waals surface area contributed by atoms with E-state index in [1.807, 2.05) is 0 Å². The van der Waals surface area contributed by atoms with Crippen LogP contribution in [0.2, 0.25) is 0 Å². The molecule has 0 heterocycles. The minimum absolute atomic E-state index is 0.940. The van der Waals surface area contributed by atoms with E-state index in [0.717, 1.165) is 12.3 Å². The van der Waals surface area contributed by atoms with Gasteiger partial charge in [0.1, 0.15) is 0 Å². The van der Waals surface area contributed by atoms with E-state index in [1.165, 1.54) is 38.5 Å². The highest BCUT2D eigenvalue weighted by Crippen LogP contribution is 2.26. The first-order chi connectivity index (χ1) is 4.93. The third-order valence-electron chi connectivity index (χ3n) is 2.35. The molecule has 0 aromatic carbocycles. The Morgan fingerprint density at radius 3 is 2.90 bits per heavy atom. The molecule has 0 bridgehead atoms. The van der Waals surface area contributed by atoms with Gasteiger partial charge in [0.25, 0.3) is 0 Å². The van der Waals surface area contributed by atoms with Gasteiger partial charge in [-0.05, 0) is 18.8 Å². The van der Waals surface area contributed by atoms with Crippen LogP contribution < -0.4 is 0 Å². The van der Waals surface area contributed by atoms with Crippen molar-refractivity contribution in [1.29, 1.82) is 0 Å². The lowest BCUT2D eigenvalue weighted by molar-refractivity contribution is 0.413. The maximum Gasteiger partial charge on any atom is -0.0355 e. The van der Waals surface area contributed by atoms with E-state index in [-0.39, 0.29) is 0 Å². The molecule has 1 unspecified atom stereocenters. The molecule has 10 heavy (non-hydrogen) atoms. The average Bonchev–Trinajstić information content (AvgIpc) is 2.03. The molecule has 1 saturated carbocycles. The molecule has 0 heteroatoms. The number of hydrogen-bond donors (Lipinski definition) is 0. The Bertz CT molecular complexity index is 70.1. The van der Waals surface area contributed by atoms with E-state index in [2.05, 4.69) is 13.3 Å². The largest absolute Gasteiger partial charge is 0.0533 e. The summed E-state index contributed by atoms with van der Waals surface area (Å²) in [6, 6.07) is 0. The van der Waals surface area contributed by atoms with Crippen LogP contribution in [0.5, 0.6) is 0 Å². The van der Waals surface area contributed by atoms with Crippen LogP contribution in [0.4, 0.5) is 0 Å². The second-order valence-electron chi connectivity index (χ2n) is 3.28. The van der Waals surface area contributed by atoms with Crippen molar-refractivity contribution in [2.45, 2.75) is 44.9 Å². The van der Waals surface area contributed by atoms with E-state index in [9.17, 15) is 0 Å². The fourth-order valence-electron chi connectivity index (χ4n) is 1.69.